The maximum Gasteiger partial charge on any atom is 0.133 e. The molecule has 0 radical (unpaired) electrons. The summed E-state index contributed by atoms with van der Waals surface area (Å²) in [5, 5.41) is 9.06. The van der Waals surface area contributed by atoms with Gasteiger partial charge in [0.05, 0.1) is 9.90 Å². The van der Waals surface area contributed by atoms with E-state index >= 15 is 0 Å². The largest absolute Gasteiger partial charge is 0.383 e. The van der Waals surface area contributed by atoms with Gasteiger partial charge < -0.3 is 5.73 Å². The van der Waals surface area contributed by atoms with E-state index in [1.165, 1.54) is 11.3 Å². The Labute approximate surface area is 104 Å². The van der Waals surface area contributed by atoms with Crippen molar-refractivity contribution in [2.24, 2.45) is 5.73 Å². The van der Waals surface area contributed by atoms with Crippen molar-refractivity contribution in [3.63, 3.8) is 0 Å². The average molecular weight is 337 g/mol. The second kappa shape index (κ2) is 3.67. The highest BCUT2D eigenvalue weighted by Gasteiger charge is 2.08. The van der Waals surface area contributed by atoms with Gasteiger partial charge in [0.15, 0.2) is 0 Å². The second-order valence-electron chi connectivity index (χ2n) is 2.80. The SMILES string of the molecule is N=C(N)c1cc2c(Cl)c(I)ccc2s1. The zero-order chi connectivity index (χ0) is 10.3. The first kappa shape index (κ1) is 10.2. The number of nitrogens with two attached hydrogens (primary N) is 1. The fourth-order valence-electron chi connectivity index (χ4n) is 1.18. The Morgan fingerprint density at radius 2 is 2.21 bits per heavy atom. The summed E-state index contributed by atoms with van der Waals surface area (Å²) in [6.45, 7) is 0. The third-order valence-corrected chi connectivity index (χ3v) is 4.61. The monoisotopic (exact) mass is 336 g/mol. The molecule has 2 rings (SSSR count). The van der Waals surface area contributed by atoms with Gasteiger partial charge in [0.1, 0.15) is 5.84 Å². The molecule has 0 bridgehead atoms. The molecule has 1 aromatic heterocycles. The number of rotatable bonds is 1. The third-order valence-electron chi connectivity index (χ3n) is 1.85. The number of halogens is 2. The molecule has 2 nitrogen and oxygen atoms in total. The van der Waals surface area contributed by atoms with Gasteiger partial charge in [-0.2, -0.15) is 0 Å². The summed E-state index contributed by atoms with van der Waals surface area (Å²) in [6.07, 6.45) is 0. The van der Waals surface area contributed by atoms with Crippen LogP contribution in [-0.4, -0.2) is 5.84 Å². The van der Waals surface area contributed by atoms with Crippen molar-refractivity contribution >= 4 is 61.5 Å². The predicted octanol–water partition coefficient (Wildman–Crippen LogP) is 3.44. The van der Waals surface area contributed by atoms with Gasteiger partial charge in [0.25, 0.3) is 0 Å². The Hall–Kier alpha value is -0.330. The number of nitrogens with one attached hydrogen (secondary N) is 1. The fraction of sp³-hybridized carbons (Fsp3) is 0. The van der Waals surface area contributed by atoms with Crippen molar-refractivity contribution < 1.29 is 0 Å². The molecule has 0 saturated carbocycles. The number of hydrogen-bond donors (Lipinski definition) is 2. The Morgan fingerprint density at radius 3 is 2.86 bits per heavy atom. The molecule has 0 aliphatic carbocycles. The molecular weight excluding hydrogens is 331 g/mol. The summed E-state index contributed by atoms with van der Waals surface area (Å²) in [5.41, 5.74) is 5.41. The summed E-state index contributed by atoms with van der Waals surface area (Å²) >= 11 is 9.81. The van der Waals surface area contributed by atoms with Crippen LogP contribution in [-0.2, 0) is 0 Å². The minimum atomic E-state index is 0.0947. The molecule has 0 aliphatic rings. The van der Waals surface area contributed by atoms with Gasteiger partial charge in [-0.05, 0) is 40.8 Å². The van der Waals surface area contributed by atoms with Gasteiger partial charge >= 0.3 is 0 Å². The number of nitrogen functional groups attached to an aromatic ring is 1. The van der Waals surface area contributed by atoms with Gasteiger partial charge in [0.2, 0.25) is 0 Å². The molecule has 5 heteroatoms. The van der Waals surface area contributed by atoms with Crippen LogP contribution in [0.2, 0.25) is 5.02 Å². The molecule has 0 aliphatic heterocycles. The third kappa shape index (κ3) is 1.62. The second-order valence-corrected chi connectivity index (χ2v) is 5.42. The van der Waals surface area contributed by atoms with Crippen LogP contribution in [0.5, 0.6) is 0 Å². The first-order valence-electron chi connectivity index (χ1n) is 3.81. The van der Waals surface area contributed by atoms with E-state index in [1.807, 2.05) is 18.2 Å². The minimum Gasteiger partial charge on any atom is -0.383 e. The van der Waals surface area contributed by atoms with Crippen LogP contribution in [0.15, 0.2) is 18.2 Å². The van der Waals surface area contributed by atoms with E-state index < -0.39 is 0 Å². The molecule has 14 heavy (non-hydrogen) atoms. The molecule has 0 amide bonds. The molecule has 72 valence electrons. The molecule has 0 saturated heterocycles. The van der Waals surface area contributed by atoms with Gasteiger partial charge in [-0.1, -0.05) is 11.6 Å². The van der Waals surface area contributed by atoms with E-state index in [0.717, 1.165) is 23.6 Å². The lowest BCUT2D eigenvalue weighted by atomic mass is 10.2. The minimum absolute atomic E-state index is 0.0947. The summed E-state index contributed by atoms with van der Waals surface area (Å²) in [6, 6.07) is 5.83. The highest BCUT2D eigenvalue weighted by Crippen LogP contribution is 2.33. The zero-order valence-electron chi connectivity index (χ0n) is 6.97. The van der Waals surface area contributed by atoms with Crippen molar-refractivity contribution in [2.45, 2.75) is 0 Å². The lowest BCUT2D eigenvalue weighted by molar-refractivity contribution is 1.46. The molecule has 0 spiro atoms. The Kier molecular flexibility index (Phi) is 2.68. The highest BCUT2D eigenvalue weighted by atomic mass is 127. The average Bonchev–Trinajstić information content (AvgIpc) is 2.56. The van der Waals surface area contributed by atoms with E-state index in [-0.39, 0.29) is 5.84 Å². The van der Waals surface area contributed by atoms with E-state index in [2.05, 4.69) is 22.6 Å². The first-order valence-corrected chi connectivity index (χ1v) is 6.09. The molecule has 3 N–H and O–H groups in total. The number of fused-ring (bicyclic) bond motifs is 1. The van der Waals surface area contributed by atoms with E-state index in [4.69, 9.17) is 22.7 Å². The number of thiophene rings is 1. The molecule has 2 aromatic rings. The number of benzene rings is 1. The van der Waals surface area contributed by atoms with E-state index in [1.54, 1.807) is 0 Å². The summed E-state index contributed by atoms with van der Waals surface area (Å²) in [7, 11) is 0. The van der Waals surface area contributed by atoms with Crippen LogP contribution in [0, 0.1) is 8.98 Å². The topological polar surface area (TPSA) is 49.9 Å². The van der Waals surface area contributed by atoms with Crippen molar-refractivity contribution in [1.29, 1.82) is 5.41 Å². The van der Waals surface area contributed by atoms with Crippen LogP contribution in [0.25, 0.3) is 10.1 Å². The molecule has 0 atom stereocenters. The van der Waals surface area contributed by atoms with Crippen LogP contribution in [0.3, 0.4) is 0 Å². The standard InChI is InChI=1S/C9H6ClIN2S/c10-8-4-3-7(9(12)13)14-6(4)2-1-5(8)11/h1-3H,(H3,12,13). The van der Waals surface area contributed by atoms with Crippen molar-refractivity contribution in [2.75, 3.05) is 0 Å². The lowest BCUT2D eigenvalue weighted by Gasteiger charge is -1.95. The molecular formula is C9H6ClIN2S. The summed E-state index contributed by atoms with van der Waals surface area (Å²) < 4.78 is 2.09. The molecule has 1 heterocycles. The van der Waals surface area contributed by atoms with Crippen LogP contribution >= 0.6 is 45.5 Å². The molecule has 0 fully saturated rings. The molecule has 0 unspecified atom stereocenters. The maximum absolute atomic E-state index is 7.34. The first-order chi connectivity index (χ1) is 6.59. The predicted molar refractivity (Wildman–Crippen MR) is 70.6 cm³/mol. The normalized spacial score (nSPS) is 10.7. The van der Waals surface area contributed by atoms with Crippen LogP contribution in [0.4, 0.5) is 0 Å². The Bertz CT molecular complexity index is 521. The van der Waals surface area contributed by atoms with Gasteiger partial charge in [-0.3, -0.25) is 5.41 Å². The quantitative estimate of drug-likeness (QED) is 0.468. The van der Waals surface area contributed by atoms with Crippen molar-refractivity contribution in [3.8, 4) is 0 Å². The van der Waals surface area contributed by atoms with Crippen molar-refractivity contribution in [1.82, 2.24) is 0 Å². The lowest BCUT2D eigenvalue weighted by Crippen LogP contribution is -2.08. The summed E-state index contributed by atoms with van der Waals surface area (Å²) in [5.74, 6) is 0.0947. The smallest absolute Gasteiger partial charge is 0.133 e. The van der Waals surface area contributed by atoms with Gasteiger partial charge in [0, 0.05) is 13.7 Å². The Balaban J connectivity index is 2.77. The van der Waals surface area contributed by atoms with Gasteiger partial charge in [-0.15, -0.1) is 11.3 Å². The van der Waals surface area contributed by atoms with Crippen molar-refractivity contribution in [3.05, 3.63) is 31.7 Å². The number of hydrogen-bond acceptors (Lipinski definition) is 2. The maximum atomic E-state index is 7.34. The summed E-state index contributed by atoms with van der Waals surface area (Å²) in [4.78, 5) is 0.768. The fourth-order valence-corrected chi connectivity index (χ4v) is 2.86. The zero-order valence-corrected chi connectivity index (χ0v) is 10.7. The van der Waals surface area contributed by atoms with E-state index in [0.29, 0.717) is 0 Å². The van der Waals surface area contributed by atoms with Gasteiger partial charge in [-0.25, -0.2) is 0 Å². The van der Waals surface area contributed by atoms with Crippen LogP contribution < -0.4 is 5.73 Å². The molecule has 1 aromatic carbocycles. The Morgan fingerprint density at radius 1 is 1.50 bits per heavy atom. The van der Waals surface area contributed by atoms with Crippen LogP contribution in [0.1, 0.15) is 4.88 Å². The number of amidine groups is 1. The highest BCUT2D eigenvalue weighted by molar-refractivity contribution is 14.1. The van der Waals surface area contributed by atoms with E-state index in [9.17, 15) is 0 Å².